The lowest BCUT2D eigenvalue weighted by Crippen LogP contribution is -2.41. The van der Waals surface area contributed by atoms with E-state index in [9.17, 15) is 9.18 Å². The highest BCUT2D eigenvalue weighted by Crippen LogP contribution is 2.36. The number of carboxylic acid groups (broad SMARTS) is 1. The fourth-order valence-corrected chi connectivity index (χ4v) is 2.26. The minimum absolute atomic E-state index is 0.0573. The van der Waals surface area contributed by atoms with Crippen molar-refractivity contribution in [1.82, 2.24) is 5.32 Å². The van der Waals surface area contributed by atoms with Crippen molar-refractivity contribution in [2.24, 2.45) is 0 Å². The summed E-state index contributed by atoms with van der Waals surface area (Å²) in [5, 5.41) is 10.9. The number of rotatable bonds is 3. The predicted octanol–water partition coefficient (Wildman–Crippen LogP) is 2.20. The van der Waals surface area contributed by atoms with Gasteiger partial charge in [0.2, 0.25) is 0 Å². The highest BCUT2D eigenvalue weighted by atomic mass is 19.1. The average molecular weight is 309 g/mol. The summed E-state index contributed by atoms with van der Waals surface area (Å²) in [4.78, 5) is 10.5. The predicted molar refractivity (Wildman–Crippen MR) is 81.7 cm³/mol. The van der Waals surface area contributed by atoms with Crippen LogP contribution in [0.5, 0.6) is 0 Å². The molecule has 0 unspecified atom stereocenters. The van der Waals surface area contributed by atoms with Crippen LogP contribution in [0.25, 0.3) is 0 Å². The molecule has 0 spiro atoms. The Kier molecular flexibility index (Phi) is 4.23. The van der Waals surface area contributed by atoms with Gasteiger partial charge in [0, 0.05) is 12.0 Å². The molecule has 0 radical (unpaired) electrons. The number of amides is 1. The molecule has 0 bridgehead atoms. The maximum Gasteiger partial charge on any atom is 0.497 e. The van der Waals surface area contributed by atoms with Crippen LogP contribution in [0.3, 0.4) is 0 Å². The van der Waals surface area contributed by atoms with Gasteiger partial charge in [0.05, 0.1) is 11.2 Å². The molecular formula is C15H21BFNO4. The standard InChI is InChI=1S/C15H21BFNO4/c1-9-6-11(12(17)7-10(9)8-18-13(19)20)16-21-14(2,3)15(4,5)22-16/h6-7,18H,8H2,1-5H3,(H,19,20). The van der Waals surface area contributed by atoms with Gasteiger partial charge in [0.25, 0.3) is 0 Å². The Labute approximate surface area is 130 Å². The largest absolute Gasteiger partial charge is 0.497 e. The molecule has 1 aromatic rings. The van der Waals surface area contributed by atoms with Gasteiger partial charge in [-0.05, 0) is 51.8 Å². The number of halogens is 1. The van der Waals surface area contributed by atoms with Crippen LogP contribution < -0.4 is 10.8 Å². The van der Waals surface area contributed by atoms with E-state index in [0.717, 1.165) is 5.56 Å². The zero-order valence-corrected chi connectivity index (χ0v) is 13.5. The monoisotopic (exact) mass is 309 g/mol. The van der Waals surface area contributed by atoms with Crippen LogP contribution in [0.2, 0.25) is 0 Å². The van der Waals surface area contributed by atoms with Crippen molar-refractivity contribution in [3.05, 3.63) is 29.1 Å². The molecule has 1 heterocycles. The quantitative estimate of drug-likeness (QED) is 0.840. The van der Waals surface area contributed by atoms with Crippen molar-refractivity contribution >= 4 is 18.7 Å². The lowest BCUT2D eigenvalue weighted by Gasteiger charge is -2.32. The Balaban J connectivity index is 2.27. The van der Waals surface area contributed by atoms with Crippen LogP contribution in [0.4, 0.5) is 9.18 Å². The van der Waals surface area contributed by atoms with Gasteiger partial charge in [-0.15, -0.1) is 0 Å². The second-order valence-electron chi connectivity index (χ2n) is 6.55. The number of benzene rings is 1. The molecule has 1 fully saturated rings. The third-order valence-electron chi connectivity index (χ3n) is 4.39. The molecule has 120 valence electrons. The number of hydrogen-bond acceptors (Lipinski definition) is 3. The van der Waals surface area contributed by atoms with E-state index in [-0.39, 0.29) is 6.54 Å². The minimum Gasteiger partial charge on any atom is -0.465 e. The first-order valence-electron chi connectivity index (χ1n) is 7.15. The summed E-state index contributed by atoms with van der Waals surface area (Å²) in [5.41, 5.74) is 0.610. The maximum atomic E-state index is 14.4. The first kappa shape index (κ1) is 16.8. The van der Waals surface area contributed by atoms with E-state index in [2.05, 4.69) is 5.32 Å². The fraction of sp³-hybridized carbons (Fsp3) is 0.533. The van der Waals surface area contributed by atoms with Crippen LogP contribution in [-0.4, -0.2) is 29.5 Å². The molecule has 2 rings (SSSR count). The Hall–Kier alpha value is -1.60. The number of nitrogens with one attached hydrogen (secondary N) is 1. The summed E-state index contributed by atoms with van der Waals surface area (Å²) in [6.07, 6.45) is -1.14. The van der Waals surface area contributed by atoms with Crippen molar-refractivity contribution < 1.29 is 23.6 Å². The summed E-state index contributed by atoms with van der Waals surface area (Å²) < 4.78 is 26.1. The number of hydrogen-bond donors (Lipinski definition) is 2. The molecule has 1 aromatic carbocycles. The summed E-state index contributed by atoms with van der Waals surface area (Å²) in [6.45, 7) is 9.48. The third-order valence-corrected chi connectivity index (χ3v) is 4.39. The normalized spacial score (nSPS) is 19.3. The lowest BCUT2D eigenvalue weighted by atomic mass is 9.77. The number of aryl methyl sites for hydroxylation is 1. The molecule has 0 atom stereocenters. The molecular weight excluding hydrogens is 288 g/mol. The SMILES string of the molecule is Cc1cc(B2OC(C)(C)C(C)(C)O2)c(F)cc1CNC(=O)O. The molecule has 2 N–H and O–H groups in total. The first-order chi connectivity index (χ1) is 10.0. The van der Waals surface area contributed by atoms with Gasteiger partial charge in [-0.1, -0.05) is 6.07 Å². The highest BCUT2D eigenvalue weighted by Gasteiger charge is 2.52. The Morgan fingerprint density at radius 2 is 1.82 bits per heavy atom. The van der Waals surface area contributed by atoms with Crippen LogP contribution in [0, 0.1) is 12.7 Å². The van der Waals surface area contributed by atoms with Crippen molar-refractivity contribution in [1.29, 1.82) is 0 Å². The summed E-state index contributed by atoms with van der Waals surface area (Å²) >= 11 is 0. The average Bonchev–Trinajstić information content (AvgIpc) is 2.58. The van der Waals surface area contributed by atoms with Crippen molar-refractivity contribution in [2.45, 2.75) is 52.4 Å². The third kappa shape index (κ3) is 3.10. The van der Waals surface area contributed by atoms with E-state index in [4.69, 9.17) is 14.4 Å². The molecule has 1 saturated heterocycles. The number of carbonyl (C=O) groups is 1. The highest BCUT2D eigenvalue weighted by molar-refractivity contribution is 6.62. The van der Waals surface area contributed by atoms with Gasteiger partial charge in [-0.25, -0.2) is 9.18 Å². The van der Waals surface area contributed by atoms with E-state index < -0.39 is 30.2 Å². The second-order valence-corrected chi connectivity index (χ2v) is 6.55. The molecule has 0 aliphatic carbocycles. The Morgan fingerprint density at radius 1 is 1.27 bits per heavy atom. The van der Waals surface area contributed by atoms with Crippen LogP contribution in [0.1, 0.15) is 38.8 Å². The molecule has 0 aromatic heterocycles. The summed E-state index contributed by atoms with van der Waals surface area (Å²) in [7, 11) is -0.773. The zero-order chi connectivity index (χ0) is 16.7. The molecule has 1 aliphatic heterocycles. The summed E-state index contributed by atoms with van der Waals surface area (Å²) in [6, 6.07) is 2.97. The topological polar surface area (TPSA) is 67.8 Å². The maximum absolute atomic E-state index is 14.4. The van der Waals surface area contributed by atoms with Crippen molar-refractivity contribution in [2.75, 3.05) is 0 Å². The van der Waals surface area contributed by atoms with Crippen LogP contribution in [-0.2, 0) is 15.9 Å². The minimum atomic E-state index is -1.14. The van der Waals surface area contributed by atoms with Gasteiger partial charge in [-0.3, -0.25) is 0 Å². The van der Waals surface area contributed by atoms with Crippen LogP contribution in [0.15, 0.2) is 12.1 Å². The zero-order valence-electron chi connectivity index (χ0n) is 13.5. The first-order valence-corrected chi connectivity index (χ1v) is 7.15. The van der Waals surface area contributed by atoms with E-state index in [1.54, 1.807) is 13.0 Å². The van der Waals surface area contributed by atoms with E-state index in [1.807, 2.05) is 27.7 Å². The van der Waals surface area contributed by atoms with E-state index in [1.165, 1.54) is 6.07 Å². The molecule has 0 saturated carbocycles. The Bertz CT molecular complexity index is 587. The smallest absolute Gasteiger partial charge is 0.465 e. The second kappa shape index (κ2) is 5.55. The van der Waals surface area contributed by atoms with Gasteiger partial charge < -0.3 is 19.7 Å². The Morgan fingerprint density at radius 3 is 2.32 bits per heavy atom. The van der Waals surface area contributed by atoms with Crippen molar-refractivity contribution in [3.8, 4) is 0 Å². The van der Waals surface area contributed by atoms with E-state index in [0.29, 0.717) is 11.0 Å². The van der Waals surface area contributed by atoms with Crippen LogP contribution >= 0.6 is 0 Å². The fourth-order valence-electron chi connectivity index (χ4n) is 2.26. The molecule has 22 heavy (non-hydrogen) atoms. The van der Waals surface area contributed by atoms with Gasteiger partial charge >= 0.3 is 13.2 Å². The van der Waals surface area contributed by atoms with Crippen molar-refractivity contribution in [3.63, 3.8) is 0 Å². The molecule has 1 aliphatic rings. The van der Waals surface area contributed by atoms with Gasteiger partial charge in [0.15, 0.2) is 0 Å². The molecule has 5 nitrogen and oxygen atoms in total. The van der Waals surface area contributed by atoms with Gasteiger partial charge in [-0.2, -0.15) is 0 Å². The summed E-state index contributed by atoms with van der Waals surface area (Å²) in [5.74, 6) is -0.466. The van der Waals surface area contributed by atoms with Gasteiger partial charge in [0.1, 0.15) is 5.82 Å². The van der Waals surface area contributed by atoms with E-state index >= 15 is 0 Å². The molecule has 7 heteroatoms. The molecule has 1 amide bonds. The lowest BCUT2D eigenvalue weighted by molar-refractivity contribution is 0.00578.